The van der Waals surface area contributed by atoms with Crippen LogP contribution in [0.15, 0.2) is 55.0 Å². The Labute approximate surface area is 202 Å². The third-order valence-electron chi connectivity index (χ3n) is 5.58. The average Bonchev–Trinajstić information content (AvgIpc) is 3.63. The molecule has 0 spiro atoms. The molecule has 184 valence electrons. The van der Waals surface area contributed by atoms with Crippen LogP contribution >= 0.6 is 0 Å². The van der Waals surface area contributed by atoms with Gasteiger partial charge in [0, 0.05) is 42.2 Å². The second-order valence-corrected chi connectivity index (χ2v) is 8.01. The van der Waals surface area contributed by atoms with Gasteiger partial charge in [-0.2, -0.15) is 5.10 Å². The number of imidazole rings is 1. The van der Waals surface area contributed by atoms with E-state index in [1.807, 2.05) is 0 Å². The van der Waals surface area contributed by atoms with Gasteiger partial charge < -0.3 is 19.4 Å². The van der Waals surface area contributed by atoms with Gasteiger partial charge in [0.05, 0.1) is 36.8 Å². The van der Waals surface area contributed by atoms with Gasteiger partial charge in [-0.15, -0.1) is 0 Å². The number of methoxy groups -OCH3 is 1. The van der Waals surface area contributed by atoms with E-state index in [1.165, 1.54) is 31.5 Å². The Morgan fingerprint density at radius 2 is 1.97 bits per heavy atom. The van der Waals surface area contributed by atoms with Crippen molar-refractivity contribution in [3.05, 3.63) is 83.8 Å². The van der Waals surface area contributed by atoms with E-state index < -0.39 is 23.2 Å². The largest absolute Gasteiger partial charge is 0.469 e. The van der Waals surface area contributed by atoms with Crippen molar-refractivity contribution >= 4 is 16.9 Å². The molecule has 0 saturated heterocycles. The Balaban J connectivity index is 1.34. The average molecular weight is 495 g/mol. The molecule has 36 heavy (non-hydrogen) atoms. The van der Waals surface area contributed by atoms with E-state index in [1.54, 1.807) is 23.1 Å². The minimum atomic E-state index is -0.889. The van der Waals surface area contributed by atoms with Crippen LogP contribution in [-0.4, -0.2) is 37.8 Å². The number of fused-ring (bicyclic) bond motifs is 1. The number of halogens is 3. The van der Waals surface area contributed by atoms with E-state index in [9.17, 15) is 18.0 Å². The molecule has 0 aliphatic carbocycles. The molecule has 0 bridgehead atoms. The first kappa shape index (κ1) is 23.2. The Morgan fingerprint density at radius 3 is 2.81 bits per heavy atom. The molecule has 5 aromatic rings. The van der Waals surface area contributed by atoms with Crippen LogP contribution in [0.5, 0.6) is 11.5 Å². The number of H-pyrrole nitrogens is 2. The maximum absolute atomic E-state index is 14.8. The summed E-state index contributed by atoms with van der Waals surface area (Å²) in [5, 5.41) is 4.58. The number of carbonyl (C=O) groups excluding carboxylic acids is 1. The molecule has 3 aromatic heterocycles. The van der Waals surface area contributed by atoms with Crippen LogP contribution in [0.25, 0.3) is 22.3 Å². The zero-order valence-electron chi connectivity index (χ0n) is 19.0. The smallest absolute Gasteiger partial charge is 0.307 e. The highest BCUT2D eigenvalue weighted by atomic mass is 19.1. The molecule has 0 saturated carbocycles. The maximum atomic E-state index is 14.8. The van der Waals surface area contributed by atoms with Gasteiger partial charge in [-0.1, -0.05) is 0 Å². The van der Waals surface area contributed by atoms with Crippen LogP contribution in [0.3, 0.4) is 0 Å². The van der Waals surface area contributed by atoms with Crippen molar-refractivity contribution in [3.8, 4) is 22.9 Å². The van der Waals surface area contributed by atoms with Gasteiger partial charge >= 0.3 is 5.97 Å². The summed E-state index contributed by atoms with van der Waals surface area (Å²) in [6.45, 7) is 0.386. The number of aryl methyl sites for hydroxylation is 1. The second-order valence-electron chi connectivity index (χ2n) is 8.01. The lowest BCUT2D eigenvalue weighted by Crippen LogP contribution is -2.07. The molecule has 0 unspecified atom stereocenters. The van der Waals surface area contributed by atoms with E-state index in [0.29, 0.717) is 24.2 Å². The summed E-state index contributed by atoms with van der Waals surface area (Å²) in [6, 6.07) is 8.15. The predicted molar refractivity (Wildman–Crippen MR) is 124 cm³/mol. The van der Waals surface area contributed by atoms with Gasteiger partial charge in [-0.05, 0) is 30.3 Å². The minimum Gasteiger partial charge on any atom is -0.469 e. The topological polar surface area (TPSA) is 97.8 Å². The fraction of sp³-hybridized carbons (Fsp3) is 0.160. The van der Waals surface area contributed by atoms with Crippen molar-refractivity contribution in [1.82, 2.24) is 24.7 Å². The first-order chi connectivity index (χ1) is 17.4. The van der Waals surface area contributed by atoms with Crippen molar-refractivity contribution in [2.45, 2.75) is 19.4 Å². The van der Waals surface area contributed by atoms with Crippen molar-refractivity contribution in [1.29, 1.82) is 0 Å². The number of nitrogens with zero attached hydrogens (tertiary/aromatic N) is 3. The normalized spacial score (nSPS) is 11.2. The Kier molecular flexibility index (Phi) is 6.19. The standard InChI is InChI=1S/C25H20F3N5O3/c1-35-22(34)6-9-33-8-5-14(32-33)10-15-13-30-25(31-15)18-11-16(2-3-19(18)26)36-24-20(27)12-21-17(23(24)28)4-7-29-21/h2-5,7-8,11-13,29H,6,9-10H2,1H3,(H,30,31). The van der Waals surface area contributed by atoms with E-state index in [4.69, 9.17) is 4.74 Å². The van der Waals surface area contributed by atoms with Gasteiger partial charge in [-0.25, -0.2) is 18.2 Å². The molecule has 0 radical (unpaired) electrons. The van der Waals surface area contributed by atoms with Crippen molar-refractivity contribution < 1.29 is 27.4 Å². The van der Waals surface area contributed by atoms with Crippen LogP contribution < -0.4 is 4.74 Å². The number of esters is 1. The number of benzene rings is 2. The molecule has 11 heteroatoms. The first-order valence-electron chi connectivity index (χ1n) is 11.0. The molecule has 3 heterocycles. The van der Waals surface area contributed by atoms with E-state index in [2.05, 4.69) is 24.8 Å². The van der Waals surface area contributed by atoms with Crippen LogP contribution in [0, 0.1) is 17.5 Å². The molecule has 0 fully saturated rings. The maximum Gasteiger partial charge on any atom is 0.307 e. The fourth-order valence-corrected chi connectivity index (χ4v) is 3.78. The van der Waals surface area contributed by atoms with Crippen LogP contribution in [0.4, 0.5) is 13.2 Å². The lowest BCUT2D eigenvalue weighted by Gasteiger charge is -2.10. The van der Waals surface area contributed by atoms with Crippen molar-refractivity contribution in [2.24, 2.45) is 0 Å². The van der Waals surface area contributed by atoms with Gasteiger partial charge in [0.25, 0.3) is 0 Å². The summed E-state index contributed by atoms with van der Waals surface area (Å²) in [6.07, 6.45) is 5.39. The summed E-state index contributed by atoms with van der Waals surface area (Å²) in [5.41, 5.74) is 1.77. The molecule has 0 atom stereocenters. The van der Waals surface area contributed by atoms with Crippen LogP contribution in [0.2, 0.25) is 0 Å². The SMILES string of the molecule is COC(=O)CCn1ccc(Cc2cnc(-c3cc(Oc4c(F)cc5[nH]ccc5c4F)ccc3F)[nH]2)n1. The highest BCUT2D eigenvalue weighted by Gasteiger charge is 2.18. The number of rotatable bonds is 8. The summed E-state index contributed by atoms with van der Waals surface area (Å²) in [5.74, 6) is -2.97. The summed E-state index contributed by atoms with van der Waals surface area (Å²) < 4.78 is 55.6. The van der Waals surface area contributed by atoms with Gasteiger partial charge in [0.2, 0.25) is 0 Å². The monoisotopic (exact) mass is 495 g/mol. The Morgan fingerprint density at radius 1 is 1.11 bits per heavy atom. The second kappa shape index (κ2) is 9.61. The number of nitrogens with one attached hydrogen (secondary N) is 2. The van der Waals surface area contributed by atoms with Gasteiger partial charge in [-0.3, -0.25) is 9.48 Å². The quantitative estimate of drug-likeness (QED) is 0.291. The zero-order valence-corrected chi connectivity index (χ0v) is 19.0. The van der Waals surface area contributed by atoms with Gasteiger partial charge in [0.15, 0.2) is 17.4 Å². The highest BCUT2D eigenvalue weighted by Crippen LogP contribution is 2.34. The predicted octanol–water partition coefficient (Wildman–Crippen LogP) is 5.12. The Hall–Kier alpha value is -4.54. The third-order valence-corrected chi connectivity index (χ3v) is 5.58. The first-order valence-corrected chi connectivity index (χ1v) is 11.0. The third kappa shape index (κ3) is 4.67. The molecule has 0 amide bonds. The summed E-state index contributed by atoms with van der Waals surface area (Å²) in [7, 11) is 1.33. The van der Waals surface area contributed by atoms with E-state index in [0.717, 1.165) is 17.8 Å². The molecular formula is C25H20F3N5O3. The minimum absolute atomic E-state index is 0.0429. The number of carbonyl (C=O) groups is 1. The number of ether oxygens (including phenoxy) is 2. The summed E-state index contributed by atoms with van der Waals surface area (Å²) in [4.78, 5) is 21.3. The zero-order chi connectivity index (χ0) is 25.2. The lowest BCUT2D eigenvalue weighted by atomic mass is 10.2. The van der Waals surface area contributed by atoms with Gasteiger partial charge in [0.1, 0.15) is 17.4 Å². The van der Waals surface area contributed by atoms with Crippen LogP contribution in [0.1, 0.15) is 17.8 Å². The number of aromatic amines is 2. The number of hydrogen-bond acceptors (Lipinski definition) is 5. The fourth-order valence-electron chi connectivity index (χ4n) is 3.78. The van der Waals surface area contributed by atoms with E-state index >= 15 is 0 Å². The van der Waals surface area contributed by atoms with Crippen molar-refractivity contribution in [2.75, 3.05) is 7.11 Å². The number of aromatic nitrogens is 5. The molecule has 0 aliphatic heterocycles. The lowest BCUT2D eigenvalue weighted by molar-refractivity contribution is -0.140. The highest BCUT2D eigenvalue weighted by molar-refractivity contribution is 5.82. The molecule has 5 rings (SSSR count). The Bertz CT molecular complexity index is 1560. The molecule has 8 nitrogen and oxygen atoms in total. The van der Waals surface area contributed by atoms with Crippen molar-refractivity contribution in [3.63, 3.8) is 0 Å². The molecular weight excluding hydrogens is 475 g/mol. The summed E-state index contributed by atoms with van der Waals surface area (Å²) >= 11 is 0. The molecule has 0 aliphatic rings. The molecule has 2 N–H and O–H groups in total. The molecule has 2 aromatic carbocycles. The number of hydrogen-bond donors (Lipinski definition) is 2. The van der Waals surface area contributed by atoms with Crippen LogP contribution in [-0.2, 0) is 22.5 Å². The van der Waals surface area contributed by atoms with E-state index in [-0.39, 0.29) is 34.9 Å².